The number of carbonyl (C=O) groups excluding carboxylic acids is 2. The number of nitrogens with one attached hydrogen (secondary N) is 1. The predicted octanol–water partition coefficient (Wildman–Crippen LogP) is 1.82. The molecule has 2 atom stereocenters. The fraction of sp³-hybridized carbons (Fsp3) is 0.526. The number of carboxylic acid groups (broad SMARTS) is 1. The summed E-state index contributed by atoms with van der Waals surface area (Å²) in [5.41, 5.74) is 0.576. The van der Waals surface area contributed by atoms with E-state index >= 15 is 0 Å². The van der Waals surface area contributed by atoms with E-state index in [4.69, 9.17) is 9.47 Å². The summed E-state index contributed by atoms with van der Waals surface area (Å²) in [6.07, 6.45) is 1.95. The van der Waals surface area contributed by atoms with Crippen molar-refractivity contribution in [2.45, 2.75) is 38.6 Å². The third kappa shape index (κ3) is 5.12. The van der Waals surface area contributed by atoms with Gasteiger partial charge in [0, 0.05) is 31.2 Å². The molecule has 1 aliphatic heterocycles. The average Bonchev–Trinajstić information content (AvgIpc) is 3.06. The molecule has 148 valence electrons. The molecule has 0 saturated carbocycles. The van der Waals surface area contributed by atoms with Crippen LogP contribution in [0, 0.1) is 5.92 Å². The van der Waals surface area contributed by atoms with Crippen LogP contribution in [0.1, 0.15) is 32.6 Å². The van der Waals surface area contributed by atoms with Crippen LogP contribution in [0.4, 0.5) is 5.69 Å². The number of rotatable bonds is 9. The Balaban J connectivity index is 2.10. The van der Waals surface area contributed by atoms with Crippen molar-refractivity contribution in [3.63, 3.8) is 0 Å². The number of nitrogens with zero attached hydrogens (tertiary/aromatic N) is 1. The van der Waals surface area contributed by atoms with E-state index in [9.17, 15) is 19.5 Å². The Bertz CT molecular complexity index is 683. The molecule has 8 heteroatoms. The van der Waals surface area contributed by atoms with Crippen LogP contribution in [-0.4, -0.2) is 49.7 Å². The Kier molecular flexibility index (Phi) is 7.04. The minimum atomic E-state index is -1.06. The number of anilines is 1. The molecule has 1 heterocycles. The fourth-order valence-corrected chi connectivity index (χ4v) is 3.04. The second-order valence-electron chi connectivity index (χ2n) is 6.52. The van der Waals surface area contributed by atoms with Crippen LogP contribution in [0.3, 0.4) is 0 Å². The van der Waals surface area contributed by atoms with Crippen LogP contribution in [0.2, 0.25) is 0 Å². The largest absolute Gasteiger partial charge is 0.497 e. The van der Waals surface area contributed by atoms with Crippen molar-refractivity contribution < 1.29 is 29.0 Å². The Morgan fingerprint density at radius 2 is 1.89 bits per heavy atom. The molecule has 1 aromatic rings. The highest BCUT2D eigenvalue weighted by molar-refractivity contribution is 6.01. The Hall–Kier alpha value is -2.77. The lowest BCUT2D eigenvalue weighted by Crippen LogP contribution is -2.44. The van der Waals surface area contributed by atoms with Crippen molar-refractivity contribution in [2.24, 2.45) is 5.92 Å². The molecule has 0 aliphatic carbocycles. The zero-order valence-corrected chi connectivity index (χ0v) is 15.9. The summed E-state index contributed by atoms with van der Waals surface area (Å²) in [6.45, 7) is 2.14. The number of benzene rings is 1. The number of methoxy groups -OCH3 is 2. The molecular weight excluding hydrogens is 352 g/mol. The van der Waals surface area contributed by atoms with E-state index in [0.717, 1.165) is 6.42 Å². The highest BCUT2D eigenvalue weighted by atomic mass is 16.5. The van der Waals surface area contributed by atoms with Gasteiger partial charge in [0.15, 0.2) is 0 Å². The van der Waals surface area contributed by atoms with Gasteiger partial charge in [-0.25, -0.2) is 4.79 Å². The summed E-state index contributed by atoms with van der Waals surface area (Å²) in [6, 6.07) is 4.15. The highest BCUT2D eigenvalue weighted by Crippen LogP contribution is 2.32. The molecule has 2 amide bonds. The molecule has 1 aliphatic rings. The number of hydrogen-bond donors (Lipinski definition) is 2. The topological polar surface area (TPSA) is 105 Å². The normalized spacial score (nSPS) is 17.5. The molecule has 1 unspecified atom stereocenters. The first kappa shape index (κ1) is 20.5. The van der Waals surface area contributed by atoms with E-state index in [1.54, 1.807) is 18.2 Å². The lowest BCUT2D eigenvalue weighted by Gasteiger charge is -2.19. The van der Waals surface area contributed by atoms with Gasteiger partial charge in [0.2, 0.25) is 11.8 Å². The van der Waals surface area contributed by atoms with Crippen molar-refractivity contribution in [1.29, 1.82) is 0 Å². The van der Waals surface area contributed by atoms with E-state index in [1.165, 1.54) is 19.1 Å². The first-order valence-corrected chi connectivity index (χ1v) is 8.96. The van der Waals surface area contributed by atoms with Gasteiger partial charge in [-0.3, -0.25) is 9.59 Å². The van der Waals surface area contributed by atoms with E-state index in [-0.39, 0.29) is 18.9 Å². The van der Waals surface area contributed by atoms with Crippen LogP contribution in [0.25, 0.3) is 0 Å². The number of carboxylic acids is 1. The second kappa shape index (κ2) is 9.25. The molecule has 1 fully saturated rings. The van der Waals surface area contributed by atoms with Gasteiger partial charge < -0.3 is 24.8 Å². The third-order valence-corrected chi connectivity index (χ3v) is 4.60. The lowest BCUT2D eigenvalue weighted by atomic mass is 10.1. The van der Waals surface area contributed by atoms with E-state index in [0.29, 0.717) is 30.0 Å². The van der Waals surface area contributed by atoms with Gasteiger partial charge in [0.05, 0.1) is 25.8 Å². The fourth-order valence-electron chi connectivity index (χ4n) is 3.04. The number of amides is 2. The average molecular weight is 378 g/mol. The molecule has 0 aromatic heterocycles. The van der Waals surface area contributed by atoms with Gasteiger partial charge in [-0.2, -0.15) is 0 Å². The summed E-state index contributed by atoms with van der Waals surface area (Å²) in [4.78, 5) is 37.7. The number of unbranched alkanes of at least 4 members (excludes halogenated alkanes) is 1. The van der Waals surface area contributed by atoms with Gasteiger partial charge in [0.25, 0.3) is 0 Å². The summed E-state index contributed by atoms with van der Waals surface area (Å²) >= 11 is 0. The number of aliphatic carboxylic acids is 1. The number of carbonyl (C=O) groups is 3. The van der Waals surface area contributed by atoms with Crippen molar-refractivity contribution in [3.05, 3.63) is 18.2 Å². The van der Waals surface area contributed by atoms with Crippen LogP contribution in [-0.2, 0) is 14.4 Å². The molecule has 1 saturated heterocycles. The molecule has 1 aromatic carbocycles. The molecule has 2 rings (SSSR count). The summed E-state index contributed by atoms with van der Waals surface area (Å²) in [5, 5.41) is 11.8. The van der Waals surface area contributed by atoms with Gasteiger partial charge in [-0.1, -0.05) is 19.8 Å². The molecule has 2 N–H and O–H groups in total. The molecule has 0 spiro atoms. The van der Waals surface area contributed by atoms with Crippen LogP contribution in [0.15, 0.2) is 18.2 Å². The monoisotopic (exact) mass is 378 g/mol. The maximum absolute atomic E-state index is 12.5. The predicted molar refractivity (Wildman–Crippen MR) is 99.1 cm³/mol. The molecule has 8 nitrogen and oxygen atoms in total. The van der Waals surface area contributed by atoms with Crippen LogP contribution >= 0.6 is 0 Å². The second-order valence-corrected chi connectivity index (χ2v) is 6.52. The Morgan fingerprint density at radius 1 is 1.26 bits per heavy atom. The van der Waals surface area contributed by atoms with E-state index in [1.807, 2.05) is 6.92 Å². The van der Waals surface area contributed by atoms with E-state index in [2.05, 4.69) is 5.32 Å². The minimum absolute atomic E-state index is 0.0332. The van der Waals surface area contributed by atoms with Crippen molar-refractivity contribution in [1.82, 2.24) is 5.32 Å². The SMILES string of the molecule is CCCC[C@H](NC(=O)C1CC(=O)N(c2cc(OC)cc(OC)c2)C1)C(=O)O. The van der Waals surface area contributed by atoms with E-state index < -0.39 is 23.8 Å². The summed E-state index contributed by atoms with van der Waals surface area (Å²) in [7, 11) is 3.03. The Labute approximate surface area is 158 Å². The van der Waals surface area contributed by atoms with Crippen LogP contribution in [0.5, 0.6) is 11.5 Å². The molecule has 0 bridgehead atoms. The van der Waals surface area contributed by atoms with Gasteiger partial charge in [-0.15, -0.1) is 0 Å². The van der Waals surface area contributed by atoms with Crippen molar-refractivity contribution in [3.8, 4) is 11.5 Å². The quantitative estimate of drug-likeness (QED) is 0.679. The van der Waals surface area contributed by atoms with Crippen LogP contribution < -0.4 is 19.7 Å². The third-order valence-electron chi connectivity index (χ3n) is 4.60. The van der Waals surface area contributed by atoms with Gasteiger partial charge >= 0.3 is 5.97 Å². The molecular formula is C19H26N2O6. The number of hydrogen-bond acceptors (Lipinski definition) is 5. The van der Waals surface area contributed by atoms with Crippen molar-refractivity contribution in [2.75, 3.05) is 25.7 Å². The molecule has 27 heavy (non-hydrogen) atoms. The zero-order valence-electron chi connectivity index (χ0n) is 15.9. The lowest BCUT2D eigenvalue weighted by molar-refractivity contribution is -0.142. The van der Waals surface area contributed by atoms with Gasteiger partial charge in [-0.05, 0) is 6.42 Å². The van der Waals surface area contributed by atoms with Crippen molar-refractivity contribution >= 4 is 23.5 Å². The maximum Gasteiger partial charge on any atom is 0.326 e. The first-order chi connectivity index (χ1) is 12.9. The van der Waals surface area contributed by atoms with Gasteiger partial charge in [0.1, 0.15) is 17.5 Å². The highest BCUT2D eigenvalue weighted by Gasteiger charge is 2.36. The summed E-state index contributed by atoms with van der Waals surface area (Å²) < 4.78 is 10.4. The standard InChI is InChI=1S/C19H26N2O6/c1-4-5-6-16(19(24)25)20-18(23)12-7-17(22)21(11-12)13-8-14(26-2)10-15(9-13)27-3/h8-10,12,16H,4-7,11H2,1-3H3,(H,20,23)(H,24,25)/t12?,16-/m0/s1. The zero-order chi connectivity index (χ0) is 20.0. The Morgan fingerprint density at radius 3 is 2.41 bits per heavy atom. The maximum atomic E-state index is 12.5. The minimum Gasteiger partial charge on any atom is -0.497 e. The molecule has 0 radical (unpaired) electrons. The summed E-state index contributed by atoms with van der Waals surface area (Å²) in [5.74, 6) is -1.20. The smallest absolute Gasteiger partial charge is 0.326 e. The number of ether oxygens (including phenoxy) is 2. The first-order valence-electron chi connectivity index (χ1n) is 8.96.